The molecular weight excluding hydrogens is 240 g/mol. The third-order valence-electron chi connectivity index (χ3n) is 2.86. The summed E-state index contributed by atoms with van der Waals surface area (Å²) < 4.78 is 5.18. The number of amides is 1. The largest absolute Gasteiger partial charge is 0.497 e. The number of nitrogens with one attached hydrogen (secondary N) is 1. The maximum atomic E-state index is 12.0. The zero-order chi connectivity index (χ0) is 13.8. The van der Waals surface area contributed by atoms with E-state index in [1.54, 1.807) is 13.2 Å². The molecule has 4 heteroatoms. The van der Waals surface area contributed by atoms with Crippen molar-refractivity contribution in [2.45, 2.75) is 6.92 Å². The molecule has 19 heavy (non-hydrogen) atoms. The topological polar surface area (TPSA) is 51.2 Å². The van der Waals surface area contributed by atoms with Crippen LogP contribution in [0.25, 0.3) is 10.9 Å². The molecule has 98 valence electrons. The first-order valence-electron chi connectivity index (χ1n) is 6.00. The Hall–Kier alpha value is -2.36. The lowest BCUT2D eigenvalue weighted by Crippen LogP contribution is -2.24. The molecule has 0 unspecified atom stereocenters. The standard InChI is InChI=1S/C15H16N2O2/c1-4-7-16-15(18)13-9-11-8-12(19-3)5-6-14(11)17-10(13)2/h4-6,8-9H,1,7H2,2-3H3,(H,16,18). The molecule has 0 aliphatic rings. The summed E-state index contributed by atoms with van der Waals surface area (Å²) in [5, 5.41) is 3.64. The van der Waals surface area contributed by atoms with Crippen molar-refractivity contribution in [1.29, 1.82) is 0 Å². The Labute approximate surface area is 112 Å². The number of nitrogens with zero attached hydrogens (tertiary/aromatic N) is 1. The molecule has 2 aromatic rings. The molecule has 0 saturated carbocycles. The molecule has 1 N–H and O–H groups in total. The van der Waals surface area contributed by atoms with Gasteiger partial charge in [0.2, 0.25) is 0 Å². The van der Waals surface area contributed by atoms with Crippen LogP contribution in [-0.2, 0) is 0 Å². The third-order valence-corrected chi connectivity index (χ3v) is 2.86. The molecule has 1 aromatic carbocycles. The van der Waals surface area contributed by atoms with Gasteiger partial charge in [-0.25, -0.2) is 0 Å². The molecule has 4 nitrogen and oxygen atoms in total. The number of hydrogen-bond donors (Lipinski definition) is 1. The second-order valence-corrected chi connectivity index (χ2v) is 4.18. The van der Waals surface area contributed by atoms with E-state index < -0.39 is 0 Å². The first kappa shape index (κ1) is 13.1. The predicted octanol–water partition coefficient (Wildman–Crippen LogP) is 2.47. The fourth-order valence-electron chi connectivity index (χ4n) is 1.87. The molecule has 1 aromatic heterocycles. The van der Waals surface area contributed by atoms with Crippen molar-refractivity contribution in [2.24, 2.45) is 0 Å². The summed E-state index contributed by atoms with van der Waals surface area (Å²) in [6, 6.07) is 7.43. The van der Waals surface area contributed by atoms with Crippen molar-refractivity contribution in [3.8, 4) is 5.75 Å². The number of rotatable bonds is 4. The fraction of sp³-hybridized carbons (Fsp3) is 0.200. The third kappa shape index (κ3) is 2.73. The van der Waals surface area contributed by atoms with Crippen molar-refractivity contribution in [3.05, 3.63) is 48.2 Å². The van der Waals surface area contributed by atoms with Gasteiger partial charge in [-0.1, -0.05) is 6.08 Å². The monoisotopic (exact) mass is 256 g/mol. The van der Waals surface area contributed by atoms with E-state index in [0.29, 0.717) is 17.8 Å². The average Bonchev–Trinajstić information content (AvgIpc) is 2.43. The molecule has 0 saturated heterocycles. The number of aromatic nitrogens is 1. The van der Waals surface area contributed by atoms with E-state index in [0.717, 1.165) is 16.7 Å². The van der Waals surface area contributed by atoms with Gasteiger partial charge in [-0.2, -0.15) is 0 Å². The van der Waals surface area contributed by atoms with Crippen molar-refractivity contribution in [2.75, 3.05) is 13.7 Å². The normalized spacial score (nSPS) is 10.2. The van der Waals surface area contributed by atoms with Gasteiger partial charge < -0.3 is 10.1 Å². The second kappa shape index (κ2) is 5.52. The van der Waals surface area contributed by atoms with Crippen molar-refractivity contribution in [1.82, 2.24) is 10.3 Å². The molecule has 2 rings (SSSR count). The molecule has 0 aliphatic heterocycles. The fourth-order valence-corrected chi connectivity index (χ4v) is 1.87. The zero-order valence-corrected chi connectivity index (χ0v) is 11.1. The van der Waals surface area contributed by atoms with Gasteiger partial charge in [-0.3, -0.25) is 9.78 Å². The van der Waals surface area contributed by atoms with Gasteiger partial charge in [-0.05, 0) is 31.2 Å². The SMILES string of the molecule is C=CCNC(=O)c1cc2cc(OC)ccc2nc1C. The van der Waals surface area contributed by atoms with Gasteiger partial charge in [0.05, 0.1) is 23.9 Å². The van der Waals surface area contributed by atoms with Crippen LogP contribution in [-0.4, -0.2) is 24.5 Å². The summed E-state index contributed by atoms with van der Waals surface area (Å²) in [5.74, 6) is 0.602. The minimum absolute atomic E-state index is 0.144. The van der Waals surface area contributed by atoms with Crippen LogP contribution in [0.2, 0.25) is 0 Å². The maximum Gasteiger partial charge on any atom is 0.253 e. The molecular formula is C15H16N2O2. The first-order chi connectivity index (χ1) is 9.15. The van der Waals surface area contributed by atoms with Crippen molar-refractivity contribution >= 4 is 16.8 Å². The first-order valence-corrected chi connectivity index (χ1v) is 6.00. The van der Waals surface area contributed by atoms with Crippen LogP contribution in [0.4, 0.5) is 0 Å². The molecule has 0 bridgehead atoms. The van der Waals surface area contributed by atoms with E-state index in [-0.39, 0.29) is 5.91 Å². The Balaban J connectivity index is 2.46. The number of carbonyl (C=O) groups excluding carboxylic acids is 1. The van der Waals surface area contributed by atoms with Crippen LogP contribution in [0.15, 0.2) is 36.9 Å². The predicted molar refractivity (Wildman–Crippen MR) is 75.6 cm³/mol. The lowest BCUT2D eigenvalue weighted by atomic mass is 10.1. The van der Waals surface area contributed by atoms with Gasteiger partial charge in [0.15, 0.2) is 0 Å². The number of carbonyl (C=O) groups is 1. The minimum atomic E-state index is -0.144. The molecule has 0 atom stereocenters. The number of methoxy groups -OCH3 is 1. The number of hydrogen-bond acceptors (Lipinski definition) is 3. The Morgan fingerprint density at radius 3 is 2.95 bits per heavy atom. The lowest BCUT2D eigenvalue weighted by molar-refractivity contribution is 0.0957. The summed E-state index contributed by atoms with van der Waals surface area (Å²) >= 11 is 0. The second-order valence-electron chi connectivity index (χ2n) is 4.18. The Morgan fingerprint density at radius 1 is 1.47 bits per heavy atom. The van der Waals surface area contributed by atoms with Gasteiger partial charge in [0, 0.05) is 11.9 Å². The summed E-state index contributed by atoms with van der Waals surface area (Å²) in [4.78, 5) is 16.4. The van der Waals surface area contributed by atoms with Gasteiger partial charge in [-0.15, -0.1) is 6.58 Å². The summed E-state index contributed by atoms with van der Waals surface area (Å²) in [6.07, 6.45) is 1.64. The number of pyridine rings is 1. The highest BCUT2D eigenvalue weighted by atomic mass is 16.5. The zero-order valence-electron chi connectivity index (χ0n) is 11.1. The molecule has 0 fully saturated rings. The summed E-state index contributed by atoms with van der Waals surface area (Å²) in [7, 11) is 1.61. The van der Waals surface area contributed by atoms with Crippen molar-refractivity contribution < 1.29 is 9.53 Å². The Bertz CT molecular complexity index is 635. The number of fused-ring (bicyclic) bond motifs is 1. The summed E-state index contributed by atoms with van der Waals surface area (Å²) in [5.41, 5.74) is 2.13. The van der Waals surface area contributed by atoms with Crippen LogP contribution >= 0.6 is 0 Å². The van der Waals surface area contributed by atoms with Gasteiger partial charge >= 0.3 is 0 Å². The van der Waals surface area contributed by atoms with E-state index in [2.05, 4.69) is 16.9 Å². The molecule has 1 amide bonds. The smallest absolute Gasteiger partial charge is 0.253 e. The van der Waals surface area contributed by atoms with Crippen molar-refractivity contribution in [3.63, 3.8) is 0 Å². The van der Waals surface area contributed by atoms with E-state index in [1.807, 2.05) is 31.2 Å². The van der Waals surface area contributed by atoms with E-state index in [4.69, 9.17) is 4.74 Å². The highest BCUT2D eigenvalue weighted by molar-refractivity contribution is 5.98. The quantitative estimate of drug-likeness (QED) is 0.855. The van der Waals surface area contributed by atoms with Crippen LogP contribution < -0.4 is 10.1 Å². The van der Waals surface area contributed by atoms with E-state index >= 15 is 0 Å². The van der Waals surface area contributed by atoms with Gasteiger partial charge in [0.1, 0.15) is 5.75 Å². The van der Waals surface area contributed by atoms with E-state index in [1.165, 1.54) is 0 Å². The number of ether oxygens (including phenoxy) is 1. The number of aryl methyl sites for hydroxylation is 1. The highest BCUT2D eigenvalue weighted by Gasteiger charge is 2.11. The molecule has 0 spiro atoms. The van der Waals surface area contributed by atoms with Crippen LogP contribution in [0.5, 0.6) is 5.75 Å². The lowest BCUT2D eigenvalue weighted by Gasteiger charge is -2.08. The molecule has 1 heterocycles. The Morgan fingerprint density at radius 2 is 2.26 bits per heavy atom. The average molecular weight is 256 g/mol. The maximum absolute atomic E-state index is 12.0. The minimum Gasteiger partial charge on any atom is -0.497 e. The highest BCUT2D eigenvalue weighted by Crippen LogP contribution is 2.21. The Kier molecular flexibility index (Phi) is 3.80. The number of benzene rings is 1. The summed E-state index contributed by atoms with van der Waals surface area (Å²) in [6.45, 7) is 5.84. The van der Waals surface area contributed by atoms with E-state index in [9.17, 15) is 4.79 Å². The van der Waals surface area contributed by atoms with Crippen LogP contribution in [0.1, 0.15) is 16.1 Å². The van der Waals surface area contributed by atoms with Crippen LogP contribution in [0, 0.1) is 6.92 Å². The van der Waals surface area contributed by atoms with Gasteiger partial charge in [0.25, 0.3) is 5.91 Å². The molecule has 0 aliphatic carbocycles. The van der Waals surface area contributed by atoms with Crippen LogP contribution in [0.3, 0.4) is 0 Å². The molecule has 0 radical (unpaired) electrons.